The van der Waals surface area contributed by atoms with Gasteiger partial charge in [0.15, 0.2) is 5.78 Å². The number of carbonyl (C=O) groups is 2. The molecule has 2 aromatic rings. The summed E-state index contributed by atoms with van der Waals surface area (Å²) in [7, 11) is 0. The fourth-order valence-electron chi connectivity index (χ4n) is 2.65. The van der Waals surface area contributed by atoms with Crippen LogP contribution in [0, 0.1) is 11.3 Å². The van der Waals surface area contributed by atoms with Crippen LogP contribution in [0.4, 0.5) is 11.4 Å². The number of anilines is 2. The Morgan fingerprint density at radius 3 is 2.64 bits per heavy atom. The molecule has 0 spiro atoms. The molecule has 0 saturated heterocycles. The maximum Gasteiger partial charge on any atom is 0.271 e. The van der Waals surface area contributed by atoms with Crippen molar-refractivity contribution in [3.8, 4) is 6.07 Å². The maximum atomic E-state index is 12.5. The van der Waals surface area contributed by atoms with Crippen LogP contribution in [0.1, 0.15) is 18.9 Å². The predicted molar refractivity (Wildman–Crippen MR) is 95.2 cm³/mol. The lowest BCUT2D eigenvalue weighted by atomic mass is 10.1. The van der Waals surface area contributed by atoms with E-state index in [1.807, 2.05) is 36.4 Å². The highest BCUT2D eigenvalue weighted by Crippen LogP contribution is 2.25. The molecule has 1 heterocycles. The number of ketones is 1. The molecule has 1 atom stereocenters. The highest BCUT2D eigenvalue weighted by molar-refractivity contribution is 6.44. The van der Waals surface area contributed by atoms with E-state index in [-0.39, 0.29) is 23.8 Å². The van der Waals surface area contributed by atoms with E-state index in [0.29, 0.717) is 11.3 Å². The number of hydrazone groups is 1. The SMILES string of the molecule is CC(=O)C1CC(C(=O)Nc2cccc(C#N)c2)=NN1c1ccccc1. The second-order valence-corrected chi connectivity index (χ2v) is 5.70. The van der Waals surface area contributed by atoms with Crippen LogP contribution in [0.2, 0.25) is 0 Å². The summed E-state index contributed by atoms with van der Waals surface area (Å²) < 4.78 is 0. The van der Waals surface area contributed by atoms with Crippen LogP contribution in [0.25, 0.3) is 0 Å². The van der Waals surface area contributed by atoms with Gasteiger partial charge in [-0.05, 0) is 37.3 Å². The van der Waals surface area contributed by atoms with Crippen molar-refractivity contribution in [2.75, 3.05) is 10.3 Å². The Hall–Kier alpha value is -3.46. The van der Waals surface area contributed by atoms with E-state index in [2.05, 4.69) is 10.4 Å². The fraction of sp³-hybridized carbons (Fsp3) is 0.158. The number of Topliss-reactive ketones (excluding diaryl/α,β-unsaturated/α-hetero) is 1. The number of carbonyl (C=O) groups excluding carboxylic acids is 2. The largest absolute Gasteiger partial charge is 0.321 e. The number of hydrogen-bond acceptors (Lipinski definition) is 5. The Kier molecular flexibility index (Phi) is 4.57. The molecule has 1 N–H and O–H groups in total. The molecule has 0 fully saturated rings. The zero-order chi connectivity index (χ0) is 17.8. The van der Waals surface area contributed by atoms with Crippen molar-refractivity contribution in [1.29, 1.82) is 5.26 Å². The molecule has 124 valence electrons. The molecular weight excluding hydrogens is 316 g/mol. The molecule has 0 aromatic heterocycles. The highest BCUT2D eigenvalue weighted by Gasteiger charge is 2.34. The quantitative estimate of drug-likeness (QED) is 0.933. The van der Waals surface area contributed by atoms with Gasteiger partial charge in [-0.25, -0.2) is 0 Å². The van der Waals surface area contributed by atoms with Gasteiger partial charge in [0.25, 0.3) is 5.91 Å². The standard InChI is InChI=1S/C19H16N4O2/c1-13(24)18-11-17(22-23(18)16-8-3-2-4-9-16)19(25)21-15-7-5-6-14(10-15)12-20/h2-10,18H,11H2,1H3,(H,21,25). The summed E-state index contributed by atoms with van der Waals surface area (Å²) in [6, 6.07) is 17.4. The van der Waals surface area contributed by atoms with Crippen molar-refractivity contribution in [3.05, 3.63) is 60.2 Å². The van der Waals surface area contributed by atoms with Gasteiger partial charge in [-0.15, -0.1) is 0 Å². The third-order valence-electron chi connectivity index (χ3n) is 3.91. The molecule has 1 amide bonds. The number of rotatable bonds is 4. The molecule has 2 aromatic carbocycles. The third kappa shape index (κ3) is 3.56. The van der Waals surface area contributed by atoms with Crippen LogP contribution < -0.4 is 10.3 Å². The third-order valence-corrected chi connectivity index (χ3v) is 3.91. The van der Waals surface area contributed by atoms with Crippen LogP contribution in [0.3, 0.4) is 0 Å². The van der Waals surface area contributed by atoms with Crippen molar-refractivity contribution in [2.24, 2.45) is 5.10 Å². The summed E-state index contributed by atoms with van der Waals surface area (Å²) in [6.45, 7) is 1.49. The summed E-state index contributed by atoms with van der Waals surface area (Å²) >= 11 is 0. The van der Waals surface area contributed by atoms with Crippen LogP contribution in [-0.4, -0.2) is 23.4 Å². The number of nitriles is 1. The van der Waals surface area contributed by atoms with E-state index < -0.39 is 6.04 Å². The van der Waals surface area contributed by atoms with Crippen LogP contribution >= 0.6 is 0 Å². The highest BCUT2D eigenvalue weighted by atomic mass is 16.2. The van der Waals surface area contributed by atoms with Crippen LogP contribution in [0.5, 0.6) is 0 Å². The normalized spacial score (nSPS) is 16.1. The van der Waals surface area contributed by atoms with Gasteiger partial charge in [0, 0.05) is 12.1 Å². The van der Waals surface area contributed by atoms with E-state index >= 15 is 0 Å². The van der Waals surface area contributed by atoms with Crippen LogP contribution in [-0.2, 0) is 9.59 Å². The smallest absolute Gasteiger partial charge is 0.271 e. The molecule has 0 radical (unpaired) electrons. The zero-order valence-corrected chi connectivity index (χ0v) is 13.6. The average Bonchev–Trinajstić information content (AvgIpc) is 3.08. The summed E-state index contributed by atoms with van der Waals surface area (Å²) in [5, 5.41) is 17.6. The predicted octanol–water partition coefficient (Wildman–Crippen LogP) is 2.72. The van der Waals surface area contributed by atoms with E-state index in [1.54, 1.807) is 29.3 Å². The molecule has 25 heavy (non-hydrogen) atoms. The molecule has 3 rings (SSSR count). The van der Waals surface area contributed by atoms with Crippen molar-refractivity contribution in [1.82, 2.24) is 0 Å². The average molecular weight is 332 g/mol. The lowest BCUT2D eigenvalue weighted by molar-refractivity contribution is -0.118. The number of benzene rings is 2. The fourth-order valence-corrected chi connectivity index (χ4v) is 2.65. The monoisotopic (exact) mass is 332 g/mol. The van der Waals surface area contributed by atoms with Gasteiger partial charge in [0.2, 0.25) is 0 Å². The van der Waals surface area contributed by atoms with Gasteiger partial charge in [-0.2, -0.15) is 10.4 Å². The number of nitrogens with one attached hydrogen (secondary N) is 1. The number of amides is 1. The van der Waals surface area contributed by atoms with Crippen molar-refractivity contribution in [2.45, 2.75) is 19.4 Å². The van der Waals surface area contributed by atoms with Gasteiger partial charge in [-0.3, -0.25) is 14.6 Å². The number of para-hydroxylation sites is 1. The summed E-state index contributed by atoms with van der Waals surface area (Å²) in [5.74, 6) is -0.429. The van der Waals surface area contributed by atoms with E-state index in [1.165, 1.54) is 6.92 Å². The molecule has 0 bridgehead atoms. The van der Waals surface area contributed by atoms with Gasteiger partial charge < -0.3 is 5.32 Å². The van der Waals surface area contributed by atoms with Crippen LogP contribution in [0.15, 0.2) is 59.7 Å². The molecule has 1 aliphatic heterocycles. The molecule has 6 nitrogen and oxygen atoms in total. The summed E-state index contributed by atoms with van der Waals surface area (Å²) in [5.41, 5.74) is 2.02. The molecular formula is C19H16N4O2. The molecule has 0 aliphatic carbocycles. The van der Waals surface area contributed by atoms with Gasteiger partial charge >= 0.3 is 0 Å². The second kappa shape index (κ2) is 6.97. The molecule has 6 heteroatoms. The first kappa shape index (κ1) is 16.4. The molecule has 0 saturated carbocycles. The number of nitrogens with zero attached hydrogens (tertiary/aromatic N) is 3. The zero-order valence-electron chi connectivity index (χ0n) is 13.6. The molecule has 1 unspecified atom stereocenters. The lowest BCUT2D eigenvalue weighted by Crippen LogP contribution is -2.33. The van der Waals surface area contributed by atoms with Gasteiger partial charge in [0.05, 0.1) is 17.3 Å². The lowest BCUT2D eigenvalue weighted by Gasteiger charge is -2.20. The van der Waals surface area contributed by atoms with E-state index in [4.69, 9.17) is 5.26 Å². The second-order valence-electron chi connectivity index (χ2n) is 5.70. The van der Waals surface area contributed by atoms with Crippen molar-refractivity contribution in [3.63, 3.8) is 0 Å². The van der Waals surface area contributed by atoms with Crippen molar-refractivity contribution < 1.29 is 9.59 Å². The van der Waals surface area contributed by atoms with Gasteiger partial charge in [0.1, 0.15) is 11.8 Å². The minimum Gasteiger partial charge on any atom is -0.321 e. The minimum atomic E-state index is -0.492. The first-order valence-electron chi connectivity index (χ1n) is 7.82. The van der Waals surface area contributed by atoms with Gasteiger partial charge in [-0.1, -0.05) is 24.3 Å². The summed E-state index contributed by atoms with van der Waals surface area (Å²) in [4.78, 5) is 24.5. The first-order valence-corrected chi connectivity index (χ1v) is 7.82. The van der Waals surface area contributed by atoms with Crippen molar-refractivity contribution >= 4 is 28.8 Å². The first-order chi connectivity index (χ1) is 12.1. The summed E-state index contributed by atoms with van der Waals surface area (Å²) in [6.07, 6.45) is 0.244. The Balaban J connectivity index is 1.82. The maximum absolute atomic E-state index is 12.5. The number of hydrogen-bond donors (Lipinski definition) is 1. The Bertz CT molecular complexity index is 884. The topological polar surface area (TPSA) is 85.6 Å². The minimum absolute atomic E-state index is 0.0538. The Labute approximate surface area is 145 Å². The van der Waals surface area contributed by atoms with E-state index in [9.17, 15) is 9.59 Å². The Morgan fingerprint density at radius 2 is 1.96 bits per heavy atom. The molecule has 1 aliphatic rings. The Morgan fingerprint density at radius 1 is 1.20 bits per heavy atom. The van der Waals surface area contributed by atoms with E-state index in [0.717, 1.165) is 5.69 Å².